The quantitative estimate of drug-likeness (QED) is 0.911. The molecule has 0 spiro atoms. The number of nitrogens with one attached hydrogen (secondary N) is 1. The monoisotopic (exact) mass is 302 g/mol. The fourth-order valence-corrected chi connectivity index (χ4v) is 2.16. The van der Waals surface area contributed by atoms with Crippen LogP contribution < -0.4 is 14.8 Å². The van der Waals surface area contributed by atoms with Crippen LogP contribution >= 0.6 is 11.6 Å². The van der Waals surface area contributed by atoms with E-state index in [0.717, 1.165) is 22.7 Å². The molecule has 0 aliphatic carbocycles. The van der Waals surface area contributed by atoms with Gasteiger partial charge >= 0.3 is 0 Å². The van der Waals surface area contributed by atoms with Crippen LogP contribution in [0.2, 0.25) is 5.02 Å². The van der Waals surface area contributed by atoms with E-state index in [1.54, 1.807) is 26.4 Å². The van der Waals surface area contributed by atoms with Crippen molar-refractivity contribution in [1.29, 1.82) is 5.26 Å². The van der Waals surface area contributed by atoms with Gasteiger partial charge in [0.15, 0.2) is 0 Å². The predicted octanol–water partition coefficient (Wildman–Crippen LogP) is 3.84. The molecule has 0 heterocycles. The number of ether oxygens (including phenoxy) is 2. The van der Waals surface area contributed by atoms with Crippen molar-refractivity contribution < 1.29 is 9.47 Å². The van der Waals surface area contributed by atoms with Gasteiger partial charge in [0.25, 0.3) is 0 Å². The molecule has 0 fully saturated rings. The van der Waals surface area contributed by atoms with Gasteiger partial charge in [0.2, 0.25) is 0 Å². The van der Waals surface area contributed by atoms with Gasteiger partial charge in [0, 0.05) is 17.8 Å². The van der Waals surface area contributed by atoms with Crippen molar-refractivity contribution >= 4 is 17.3 Å². The Balaban J connectivity index is 2.16. The van der Waals surface area contributed by atoms with E-state index < -0.39 is 0 Å². The van der Waals surface area contributed by atoms with Gasteiger partial charge in [-0.05, 0) is 36.4 Å². The second-order valence-electron chi connectivity index (χ2n) is 4.34. The molecule has 2 aromatic carbocycles. The van der Waals surface area contributed by atoms with Crippen LogP contribution in [0.1, 0.15) is 11.1 Å². The fourth-order valence-electron chi connectivity index (χ4n) is 1.93. The zero-order chi connectivity index (χ0) is 15.2. The molecule has 0 aliphatic heterocycles. The van der Waals surface area contributed by atoms with Crippen molar-refractivity contribution in [3.63, 3.8) is 0 Å². The molecule has 0 saturated carbocycles. The van der Waals surface area contributed by atoms with E-state index in [0.29, 0.717) is 17.1 Å². The number of rotatable bonds is 5. The first-order valence-corrected chi connectivity index (χ1v) is 6.70. The Morgan fingerprint density at radius 3 is 2.57 bits per heavy atom. The predicted molar refractivity (Wildman–Crippen MR) is 83.0 cm³/mol. The molecule has 5 heteroatoms. The molecule has 0 saturated heterocycles. The Morgan fingerprint density at radius 2 is 1.95 bits per heavy atom. The number of nitrogens with zero attached hydrogens (tertiary/aromatic N) is 1. The summed E-state index contributed by atoms with van der Waals surface area (Å²) < 4.78 is 10.5. The van der Waals surface area contributed by atoms with Crippen LogP contribution in [0.25, 0.3) is 0 Å². The van der Waals surface area contributed by atoms with Crippen molar-refractivity contribution in [2.45, 2.75) is 6.54 Å². The highest BCUT2D eigenvalue weighted by Crippen LogP contribution is 2.26. The summed E-state index contributed by atoms with van der Waals surface area (Å²) in [7, 11) is 3.25. The van der Waals surface area contributed by atoms with Crippen molar-refractivity contribution in [1.82, 2.24) is 0 Å². The van der Waals surface area contributed by atoms with Gasteiger partial charge in [-0.3, -0.25) is 0 Å². The summed E-state index contributed by atoms with van der Waals surface area (Å²) in [5, 5.41) is 12.5. The van der Waals surface area contributed by atoms with E-state index in [-0.39, 0.29) is 0 Å². The van der Waals surface area contributed by atoms with Crippen molar-refractivity contribution in [3.05, 3.63) is 52.5 Å². The summed E-state index contributed by atoms with van der Waals surface area (Å²) in [5.41, 5.74) is 2.27. The molecule has 0 aromatic heterocycles. The molecule has 0 radical (unpaired) electrons. The number of anilines is 1. The maximum absolute atomic E-state index is 8.86. The third-order valence-electron chi connectivity index (χ3n) is 3.06. The van der Waals surface area contributed by atoms with Gasteiger partial charge in [0.1, 0.15) is 17.6 Å². The first-order chi connectivity index (χ1) is 10.2. The second kappa shape index (κ2) is 6.87. The maximum atomic E-state index is 8.86. The lowest BCUT2D eigenvalue weighted by atomic mass is 10.1. The third-order valence-corrected chi connectivity index (χ3v) is 3.37. The molecule has 2 rings (SSSR count). The van der Waals surface area contributed by atoms with Crippen LogP contribution in [0, 0.1) is 11.3 Å². The summed E-state index contributed by atoms with van der Waals surface area (Å²) in [6.45, 7) is 0.558. The highest BCUT2D eigenvalue weighted by molar-refractivity contribution is 6.32. The van der Waals surface area contributed by atoms with E-state index in [1.807, 2.05) is 30.3 Å². The van der Waals surface area contributed by atoms with Crippen molar-refractivity contribution in [3.8, 4) is 17.6 Å². The van der Waals surface area contributed by atoms with Crippen LogP contribution in [-0.2, 0) is 6.54 Å². The molecule has 0 amide bonds. The van der Waals surface area contributed by atoms with Gasteiger partial charge < -0.3 is 14.8 Å². The lowest BCUT2D eigenvalue weighted by Crippen LogP contribution is -2.02. The van der Waals surface area contributed by atoms with Crippen LogP contribution in [0.5, 0.6) is 11.5 Å². The van der Waals surface area contributed by atoms with Crippen LogP contribution in [0.15, 0.2) is 36.4 Å². The van der Waals surface area contributed by atoms with E-state index in [4.69, 9.17) is 26.3 Å². The van der Waals surface area contributed by atoms with Crippen LogP contribution in [0.4, 0.5) is 5.69 Å². The zero-order valence-electron chi connectivity index (χ0n) is 11.8. The van der Waals surface area contributed by atoms with Crippen molar-refractivity contribution in [2.24, 2.45) is 0 Å². The Morgan fingerprint density at radius 1 is 1.14 bits per heavy atom. The van der Waals surface area contributed by atoms with Gasteiger partial charge in [-0.25, -0.2) is 0 Å². The average Bonchev–Trinajstić information content (AvgIpc) is 2.52. The summed E-state index contributed by atoms with van der Waals surface area (Å²) in [5.74, 6) is 1.55. The Labute approximate surface area is 128 Å². The molecule has 0 bridgehead atoms. The molecular formula is C16H15ClN2O2. The van der Waals surface area contributed by atoms with Gasteiger partial charge in [-0.15, -0.1) is 0 Å². The number of hydrogen-bond acceptors (Lipinski definition) is 4. The molecule has 21 heavy (non-hydrogen) atoms. The minimum absolute atomic E-state index is 0.431. The Kier molecular flexibility index (Phi) is 4.91. The fraction of sp³-hybridized carbons (Fsp3) is 0.188. The molecule has 108 valence electrons. The Bertz CT molecular complexity index is 680. The number of nitriles is 1. The highest BCUT2D eigenvalue weighted by Gasteiger charge is 2.06. The smallest absolute Gasteiger partial charge is 0.124 e. The maximum Gasteiger partial charge on any atom is 0.124 e. The average molecular weight is 303 g/mol. The number of benzene rings is 2. The van der Waals surface area contributed by atoms with Crippen LogP contribution in [-0.4, -0.2) is 14.2 Å². The first kappa shape index (κ1) is 15.0. The van der Waals surface area contributed by atoms with E-state index in [9.17, 15) is 0 Å². The van der Waals surface area contributed by atoms with E-state index in [1.165, 1.54) is 0 Å². The summed E-state index contributed by atoms with van der Waals surface area (Å²) in [6, 6.07) is 12.9. The third kappa shape index (κ3) is 3.59. The first-order valence-electron chi connectivity index (χ1n) is 6.32. The normalized spacial score (nSPS) is 9.81. The second-order valence-corrected chi connectivity index (χ2v) is 4.74. The Hall–Kier alpha value is -2.38. The molecule has 2 aromatic rings. The van der Waals surface area contributed by atoms with Gasteiger partial charge in [-0.2, -0.15) is 5.26 Å². The standard InChI is InChI=1S/C16H15ClN2O2/c1-20-14-5-6-16(21-2)12(7-14)10-19-13-4-3-11(9-18)15(17)8-13/h3-8,19H,10H2,1-2H3. The van der Waals surface area contributed by atoms with Gasteiger partial charge in [-0.1, -0.05) is 11.6 Å². The van der Waals surface area contributed by atoms with Gasteiger partial charge in [0.05, 0.1) is 24.8 Å². The largest absolute Gasteiger partial charge is 0.497 e. The summed E-state index contributed by atoms with van der Waals surface area (Å²) >= 11 is 6.01. The molecular weight excluding hydrogens is 288 g/mol. The number of hydrogen-bond donors (Lipinski definition) is 1. The molecule has 1 N–H and O–H groups in total. The summed E-state index contributed by atoms with van der Waals surface area (Å²) in [6.07, 6.45) is 0. The zero-order valence-corrected chi connectivity index (χ0v) is 12.6. The minimum atomic E-state index is 0.431. The van der Waals surface area contributed by atoms with E-state index in [2.05, 4.69) is 5.32 Å². The van der Waals surface area contributed by atoms with Crippen molar-refractivity contribution in [2.75, 3.05) is 19.5 Å². The minimum Gasteiger partial charge on any atom is -0.497 e. The van der Waals surface area contributed by atoms with Crippen LogP contribution in [0.3, 0.4) is 0 Å². The molecule has 0 aliphatic rings. The number of halogens is 1. The lowest BCUT2D eigenvalue weighted by Gasteiger charge is -2.12. The number of methoxy groups -OCH3 is 2. The van der Waals surface area contributed by atoms with E-state index >= 15 is 0 Å². The topological polar surface area (TPSA) is 54.3 Å². The summed E-state index contributed by atoms with van der Waals surface area (Å²) in [4.78, 5) is 0. The molecule has 4 nitrogen and oxygen atoms in total. The lowest BCUT2D eigenvalue weighted by molar-refractivity contribution is 0.399. The molecule has 0 unspecified atom stereocenters. The molecule has 0 atom stereocenters. The SMILES string of the molecule is COc1ccc(OC)c(CNc2ccc(C#N)c(Cl)c2)c1. The highest BCUT2D eigenvalue weighted by atomic mass is 35.5.